The number of hydrogen-bond donors (Lipinski definition) is 1. The summed E-state index contributed by atoms with van der Waals surface area (Å²) < 4.78 is 40.5. The number of hydrogen-bond acceptors (Lipinski definition) is 2. The van der Waals surface area contributed by atoms with E-state index in [0.717, 1.165) is 11.8 Å². The van der Waals surface area contributed by atoms with Crippen molar-refractivity contribution in [1.29, 1.82) is 0 Å². The summed E-state index contributed by atoms with van der Waals surface area (Å²) in [5.74, 6) is 0.543. The second-order valence-corrected chi connectivity index (χ2v) is 4.60. The first-order valence-electron chi connectivity index (χ1n) is 6.31. The van der Waals surface area contributed by atoms with Gasteiger partial charge >= 0.3 is 6.18 Å². The molecule has 0 bridgehead atoms. The molecule has 0 saturated heterocycles. The predicted octanol–water partition coefficient (Wildman–Crippen LogP) is 3.94. The summed E-state index contributed by atoms with van der Waals surface area (Å²) in [5.41, 5.74) is 0.779. The third kappa shape index (κ3) is 2.79. The van der Waals surface area contributed by atoms with Gasteiger partial charge in [0, 0.05) is 18.4 Å². The van der Waals surface area contributed by atoms with Crippen molar-refractivity contribution in [1.82, 2.24) is 9.55 Å². The molecule has 0 amide bonds. The molecule has 20 heavy (non-hydrogen) atoms. The van der Waals surface area contributed by atoms with Crippen molar-refractivity contribution in [2.24, 2.45) is 0 Å². The molecule has 108 valence electrons. The van der Waals surface area contributed by atoms with Crippen molar-refractivity contribution in [2.45, 2.75) is 26.9 Å². The topological polar surface area (TPSA) is 29.9 Å². The molecule has 0 aliphatic carbocycles. The van der Waals surface area contributed by atoms with Gasteiger partial charge in [-0.1, -0.05) is 6.07 Å². The zero-order valence-corrected chi connectivity index (χ0v) is 11.5. The lowest BCUT2D eigenvalue weighted by molar-refractivity contribution is -0.138. The van der Waals surface area contributed by atoms with Gasteiger partial charge in [-0.25, -0.2) is 4.98 Å². The number of alkyl halides is 3. The van der Waals surface area contributed by atoms with E-state index in [-0.39, 0.29) is 5.56 Å². The molecule has 6 heteroatoms. The van der Waals surface area contributed by atoms with Crippen LogP contribution >= 0.6 is 0 Å². The number of aryl methyl sites for hydroxylation is 2. The summed E-state index contributed by atoms with van der Waals surface area (Å²) in [7, 11) is 0. The van der Waals surface area contributed by atoms with Crippen molar-refractivity contribution in [3.05, 3.63) is 41.2 Å². The molecule has 0 aliphatic heterocycles. The minimum Gasteiger partial charge on any atom is -0.356 e. The molecule has 0 fully saturated rings. The SMILES string of the molecule is CCNc1nc(C)cn1-c1ccc(C)c(C(F)(F)F)c1. The van der Waals surface area contributed by atoms with Gasteiger partial charge in [-0.3, -0.25) is 4.57 Å². The number of benzene rings is 1. The maximum atomic E-state index is 13.0. The van der Waals surface area contributed by atoms with E-state index in [0.29, 0.717) is 18.2 Å². The highest BCUT2D eigenvalue weighted by atomic mass is 19.4. The normalized spacial score (nSPS) is 11.7. The molecule has 0 saturated carbocycles. The van der Waals surface area contributed by atoms with Crippen molar-refractivity contribution in [3.63, 3.8) is 0 Å². The van der Waals surface area contributed by atoms with Gasteiger partial charge < -0.3 is 5.32 Å². The highest BCUT2D eigenvalue weighted by molar-refractivity contribution is 5.47. The first-order chi connectivity index (χ1) is 9.32. The lowest BCUT2D eigenvalue weighted by atomic mass is 10.1. The van der Waals surface area contributed by atoms with Crippen LogP contribution in [0.15, 0.2) is 24.4 Å². The van der Waals surface area contributed by atoms with Crippen LogP contribution in [0.3, 0.4) is 0 Å². The monoisotopic (exact) mass is 283 g/mol. The zero-order chi connectivity index (χ0) is 14.9. The molecule has 1 N–H and O–H groups in total. The standard InChI is InChI=1S/C14H16F3N3/c1-4-18-13-19-10(3)8-20(13)11-6-5-9(2)12(7-11)14(15,16)17/h5-8H,4H2,1-3H3,(H,18,19). The fraction of sp³-hybridized carbons (Fsp3) is 0.357. The number of anilines is 1. The van der Waals surface area contributed by atoms with Crippen LogP contribution in [0.2, 0.25) is 0 Å². The lowest BCUT2D eigenvalue weighted by Gasteiger charge is -2.14. The van der Waals surface area contributed by atoms with E-state index in [9.17, 15) is 13.2 Å². The van der Waals surface area contributed by atoms with Crippen LogP contribution in [0.25, 0.3) is 5.69 Å². The number of aromatic nitrogens is 2. The number of imidazole rings is 1. The number of rotatable bonds is 3. The fourth-order valence-corrected chi connectivity index (χ4v) is 2.04. The Balaban J connectivity index is 2.54. The van der Waals surface area contributed by atoms with E-state index in [4.69, 9.17) is 0 Å². The van der Waals surface area contributed by atoms with Crippen LogP contribution in [0.5, 0.6) is 0 Å². The third-order valence-electron chi connectivity index (χ3n) is 2.97. The highest BCUT2D eigenvalue weighted by Crippen LogP contribution is 2.33. The third-order valence-corrected chi connectivity index (χ3v) is 2.97. The van der Waals surface area contributed by atoms with E-state index in [1.807, 2.05) is 6.92 Å². The number of nitrogens with one attached hydrogen (secondary N) is 1. The van der Waals surface area contributed by atoms with Crippen molar-refractivity contribution < 1.29 is 13.2 Å². The molecule has 2 rings (SSSR count). The summed E-state index contributed by atoms with van der Waals surface area (Å²) in [6.45, 7) is 5.81. The van der Waals surface area contributed by atoms with Crippen molar-refractivity contribution in [2.75, 3.05) is 11.9 Å². The Labute approximate surface area is 115 Å². The van der Waals surface area contributed by atoms with E-state index < -0.39 is 11.7 Å². The Morgan fingerprint density at radius 2 is 1.95 bits per heavy atom. The van der Waals surface area contributed by atoms with E-state index in [1.54, 1.807) is 23.8 Å². The van der Waals surface area contributed by atoms with Crippen molar-refractivity contribution >= 4 is 5.95 Å². The molecule has 1 heterocycles. The second-order valence-electron chi connectivity index (χ2n) is 4.60. The minimum atomic E-state index is -4.35. The Bertz CT molecular complexity index is 615. The average Bonchev–Trinajstić information content (AvgIpc) is 2.70. The lowest BCUT2D eigenvalue weighted by Crippen LogP contribution is -2.10. The van der Waals surface area contributed by atoms with Gasteiger partial charge in [-0.2, -0.15) is 13.2 Å². The second kappa shape index (κ2) is 5.19. The molecular formula is C14H16F3N3. The summed E-state index contributed by atoms with van der Waals surface area (Å²) in [6.07, 6.45) is -2.64. The van der Waals surface area contributed by atoms with E-state index in [2.05, 4.69) is 10.3 Å². The number of nitrogens with zero attached hydrogens (tertiary/aromatic N) is 2. The van der Waals surface area contributed by atoms with E-state index >= 15 is 0 Å². The summed E-state index contributed by atoms with van der Waals surface area (Å²) in [4.78, 5) is 4.26. The Kier molecular flexibility index (Phi) is 3.74. The Morgan fingerprint density at radius 3 is 2.55 bits per heavy atom. The van der Waals surface area contributed by atoms with Crippen LogP contribution < -0.4 is 5.32 Å². The van der Waals surface area contributed by atoms with Crippen LogP contribution in [-0.2, 0) is 6.18 Å². The molecule has 0 unspecified atom stereocenters. The molecule has 1 aromatic carbocycles. The minimum absolute atomic E-state index is 0.211. The van der Waals surface area contributed by atoms with Crippen LogP contribution in [0, 0.1) is 13.8 Å². The highest BCUT2D eigenvalue weighted by Gasteiger charge is 2.32. The van der Waals surface area contributed by atoms with Gasteiger partial charge in [-0.05, 0) is 38.5 Å². The van der Waals surface area contributed by atoms with Crippen LogP contribution in [0.4, 0.5) is 19.1 Å². The molecule has 2 aromatic rings. The molecule has 3 nitrogen and oxygen atoms in total. The van der Waals surface area contributed by atoms with Gasteiger partial charge in [-0.15, -0.1) is 0 Å². The smallest absolute Gasteiger partial charge is 0.356 e. The van der Waals surface area contributed by atoms with Gasteiger partial charge in [0.05, 0.1) is 11.3 Å². The van der Waals surface area contributed by atoms with Gasteiger partial charge in [0.15, 0.2) is 0 Å². The van der Waals surface area contributed by atoms with Crippen LogP contribution in [0.1, 0.15) is 23.7 Å². The molecule has 1 aromatic heterocycles. The Morgan fingerprint density at radius 1 is 1.25 bits per heavy atom. The molecule has 0 spiro atoms. The van der Waals surface area contributed by atoms with Crippen LogP contribution in [-0.4, -0.2) is 16.1 Å². The summed E-state index contributed by atoms with van der Waals surface area (Å²) in [5, 5.41) is 3.04. The maximum absolute atomic E-state index is 13.0. The first-order valence-corrected chi connectivity index (χ1v) is 6.31. The number of halogens is 3. The summed E-state index contributed by atoms with van der Waals surface area (Å²) >= 11 is 0. The van der Waals surface area contributed by atoms with Gasteiger partial charge in [0.2, 0.25) is 5.95 Å². The summed E-state index contributed by atoms with van der Waals surface area (Å²) in [6, 6.07) is 4.28. The van der Waals surface area contributed by atoms with E-state index in [1.165, 1.54) is 13.0 Å². The average molecular weight is 283 g/mol. The quantitative estimate of drug-likeness (QED) is 0.924. The predicted molar refractivity (Wildman–Crippen MR) is 72.2 cm³/mol. The zero-order valence-electron chi connectivity index (χ0n) is 11.5. The van der Waals surface area contributed by atoms with Gasteiger partial charge in [0.1, 0.15) is 0 Å². The molecule has 0 radical (unpaired) electrons. The van der Waals surface area contributed by atoms with Crippen molar-refractivity contribution in [3.8, 4) is 5.69 Å². The van der Waals surface area contributed by atoms with Gasteiger partial charge in [0.25, 0.3) is 0 Å². The molecule has 0 aliphatic rings. The molecule has 0 atom stereocenters. The first kappa shape index (κ1) is 14.4. The largest absolute Gasteiger partial charge is 0.416 e. The Hall–Kier alpha value is -1.98. The fourth-order valence-electron chi connectivity index (χ4n) is 2.04. The maximum Gasteiger partial charge on any atom is 0.416 e. The molecular weight excluding hydrogens is 267 g/mol.